The van der Waals surface area contributed by atoms with E-state index >= 15 is 0 Å². The van der Waals surface area contributed by atoms with Gasteiger partial charge in [-0.1, -0.05) is 37.3 Å². The first-order valence-corrected chi connectivity index (χ1v) is 10.6. The molecule has 7 heteroatoms. The molecule has 1 saturated heterocycles. The average molecular weight is 395 g/mol. The van der Waals surface area contributed by atoms with Crippen LogP contribution in [0.1, 0.15) is 25.1 Å². The number of guanidine groups is 1. The number of rotatable bonds is 4. The molecule has 3 aromatic rings. The fourth-order valence-electron chi connectivity index (χ4n) is 3.70. The van der Waals surface area contributed by atoms with Gasteiger partial charge in [0.1, 0.15) is 5.01 Å². The first-order chi connectivity index (χ1) is 13.7. The number of aromatic nitrogens is 3. The quantitative estimate of drug-likeness (QED) is 0.542. The summed E-state index contributed by atoms with van der Waals surface area (Å²) in [7, 11) is 1.85. The lowest BCUT2D eigenvalue weighted by molar-refractivity contribution is 0.189. The van der Waals surface area contributed by atoms with Crippen LogP contribution in [0, 0.1) is 5.92 Å². The highest BCUT2D eigenvalue weighted by Crippen LogP contribution is 2.27. The molecule has 2 atom stereocenters. The number of aliphatic imine (C=N–C) groups is 1. The van der Waals surface area contributed by atoms with Crippen molar-refractivity contribution in [1.82, 2.24) is 24.8 Å². The number of benzene rings is 1. The van der Waals surface area contributed by atoms with Crippen molar-refractivity contribution in [1.29, 1.82) is 0 Å². The molecule has 1 N–H and O–H groups in total. The molecule has 6 nitrogen and oxygen atoms in total. The Labute approximate surface area is 170 Å². The van der Waals surface area contributed by atoms with Crippen molar-refractivity contribution in [2.24, 2.45) is 10.9 Å². The molecule has 2 unspecified atom stereocenters. The van der Waals surface area contributed by atoms with Gasteiger partial charge in [0, 0.05) is 43.5 Å². The predicted molar refractivity (Wildman–Crippen MR) is 114 cm³/mol. The van der Waals surface area contributed by atoms with Gasteiger partial charge in [-0.25, -0.2) is 9.97 Å². The fraction of sp³-hybridized carbons (Fsp3) is 0.381. The van der Waals surface area contributed by atoms with E-state index in [0.29, 0.717) is 18.5 Å². The maximum atomic E-state index is 4.77. The summed E-state index contributed by atoms with van der Waals surface area (Å²) in [4.78, 5) is 15.8. The Morgan fingerprint density at radius 1 is 1.32 bits per heavy atom. The first kappa shape index (κ1) is 18.7. The Hall–Kier alpha value is -2.67. The van der Waals surface area contributed by atoms with Gasteiger partial charge in [-0.15, -0.1) is 11.3 Å². The van der Waals surface area contributed by atoms with E-state index in [1.54, 1.807) is 11.3 Å². The molecular weight excluding hydrogens is 368 g/mol. The Bertz CT molecular complexity index is 902. The minimum Gasteiger partial charge on any atom is -0.351 e. The maximum absolute atomic E-state index is 4.77. The van der Waals surface area contributed by atoms with Crippen molar-refractivity contribution >= 4 is 17.3 Å². The third kappa shape index (κ3) is 4.09. The summed E-state index contributed by atoms with van der Waals surface area (Å²) in [6.45, 7) is 4.94. The van der Waals surface area contributed by atoms with Crippen LogP contribution in [0.25, 0.3) is 10.6 Å². The van der Waals surface area contributed by atoms with Gasteiger partial charge in [0.2, 0.25) is 0 Å². The van der Waals surface area contributed by atoms with Crippen molar-refractivity contribution in [3.05, 3.63) is 60.1 Å². The largest absolute Gasteiger partial charge is 0.351 e. The molecular formula is C21H26N6S. The minimum absolute atomic E-state index is 0.416. The lowest BCUT2D eigenvalue weighted by Crippen LogP contribution is -2.48. The molecule has 1 fully saturated rings. The molecule has 2 aromatic heterocycles. The van der Waals surface area contributed by atoms with Gasteiger partial charge in [0.15, 0.2) is 5.96 Å². The number of hydrogen-bond acceptors (Lipinski definition) is 4. The summed E-state index contributed by atoms with van der Waals surface area (Å²) in [5.74, 6) is 1.56. The third-order valence-corrected chi connectivity index (χ3v) is 6.28. The average Bonchev–Trinajstić information content (AvgIpc) is 3.42. The number of piperidine rings is 1. The maximum Gasteiger partial charge on any atom is 0.194 e. The van der Waals surface area contributed by atoms with Crippen LogP contribution in [-0.4, -0.2) is 45.5 Å². The van der Waals surface area contributed by atoms with Crippen LogP contribution in [0.2, 0.25) is 0 Å². The fourth-order valence-corrected chi connectivity index (χ4v) is 4.52. The molecule has 0 amide bonds. The monoisotopic (exact) mass is 394 g/mol. The van der Waals surface area contributed by atoms with Crippen LogP contribution in [0.5, 0.6) is 0 Å². The molecule has 0 aliphatic carbocycles. The van der Waals surface area contributed by atoms with Crippen molar-refractivity contribution in [3.63, 3.8) is 0 Å². The first-order valence-electron chi connectivity index (χ1n) is 9.67. The van der Waals surface area contributed by atoms with Gasteiger partial charge in [0.25, 0.3) is 0 Å². The van der Waals surface area contributed by atoms with Gasteiger partial charge >= 0.3 is 0 Å². The Balaban J connectivity index is 1.39. The molecule has 0 radical (unpaired) electrons. The summed E-state index contributed by atoms with van der Waals surface area (Å²) in [6.07, 6.45) is 6.96. The second kappa shape index (κ2) is 8.56. The second-order valence-electron chi connectivity index (χ2n) is 7.20. The van der Waals surface area contributed by atoms with Crippen molar-refractivity contribution in [3.8, 4) is 10.6 Å². The van der Waals surface area contributed by atoms with Crippen LogP contribution in [0.4, 0.5) is 0 Å². The molecule has 4 rings (SSSR count). The van der Waals surface area contributed by atoms with E-state index in [9.17, 15) is 0 Å². The molecule has 28 heavy (non-hydrogen) atoms. The lowest BCUT2D eigenvalue weighted by atomic mass is 9.93. The van der Waals surface area contributed by atoms with Gasteiger partial charge in [-0.2, -0.15) is 0 Å². The van der Waals surface area contributed by atoms with E-state index in [0.717, 1.165) is 41.7 Å². The molecule has 1 aromatic carbocycles. The van der Waals surface area contributed by atoms with E-state index in [1.807, 2.05) is 37.8 Å². The summed E-state index contributed by atoms with van der Waals surface area (Å²) in [5.41, 5.74) is 2.21. The zero-order valence-electron chi connectivity index (χ0n) is 16.3. The van der Waals surface area contributed by atoms with Crippen LogP contribution in [0.3, 0.4) is 0 Å². The number of nitrogens with zero attached hydrogens (tertiary/aromatic N) is 5. The molecule has 0 spiro atoms. The standard InChI is InChI=1S/C21H26N6S/c1-16-8-10-26(13-19(16)27-11-9-23-15-27)21(22-2)24-12-18-14-28-20(25-18)17-6-4-3-5-7-17/h3-7,9,11,14-16,19H,8,10,12-13H2,1-2H3,(H,22,24). The van der Waals surface area contributed by atoms with Crippen LogP contribution < -0.4 is 5.32 Å². The summed E-state index contributed by atoms with van der Waals surface area (Å²) < 4.78 is 2.22. The Morgan fingerprint density at radius 3 is 2.93 bits per heavy atom. The van der Waals surface area contributed by atoms with Crippen molar-refractivity contribution in [2.75, 3.05) is 20.1 Å². The summed E-state index contributed by atoms with van der Waals surface area (Å²) >= 11 is 1.68. The molecule has 1 aliphatic heterocycles. The van der Waals surface area contributed by atoms with E-state index in [4.69, 9.17) is 4.98 Å². The number of nitrogens with one attached hydrogen (secondary N) is 1. The minimum atomic E-state index is 0.416. The van der Waals surface area contributed by atoms with Gasteiger partial charge in [0.05, 0.1) is 24.6 Å². The topological polar surface area (TPSA) is 58.3 Å². The highest BCUT2D eigenvalue weighted by atomic mass is 32.1. The van der Waals surface area contributed by atoms with E-state index in [2.05, 4.69) is 55.4 Å². The molecule has 3 heterocycles. The smallest absolute Gasteiger partial charge is 0.194 e. The molecule has 1 aliphatic rings. The number of thiazole rings is 1. The van der Waals surface area contributed by atoms with Gasteiger partial charge in [-0.3, -0.25) is 4.99 Å². The Kier molecular flexibility index (Phi) is 5.71. The molecule has 0 saturated carbocycles. The number of likely N-dealkylation sites (tertiary alicyclic amines) is 1. The highest BCUT2D eigenvalue weighted by molar-refractivity contribution is 7.13. The number of hydrogen-bond donors (Lipinski definition) is 1. The predicted octanol–water partition coefficient (Wildman–Crippen LogP) is 3.67. The van der Waals surface area contributed by atoms with E-state index in [-0.39, 0.29) is 0 Å². The number of imidazole rings is 1. The zero-order chi connectivity index (χ0) is 19.3. The summed E-state index contributed by atoms with van der Waals surface area (Å²) in [5, 5.41) is 6.67. The van der Waals surface area contributed by atoms with Crippen LogP contribution in [-0.2, 0) is 6.54 Å². The third-order valence-electron chi connectivity index (χ3n) is 5.34. The SMILES string of the molecule is CN=C(NCc1csc(-c2ccccc2)n1)N1CCC(C)C(n2ccnc2)C1. The van der Waals surface area contributed by atoms with Gasteiger partial charge in [-0.05, 0) is 12.3 Å². The lowest BCUT2D eigenvalue weighted by Gasteiger charge is -2.39. The molecule has 146 valence electrons. The van der Waals surface area contributed by atoms with Crippen molar-refractivity contribution < 1.29 is 0 Å². The van der Waals surface area contributed by atoms with Crippen LogP contribution in [0.15, 0.2) is 59.4 Å². The molecule has 0 bridgehead atoms. The Morgan fingerprint density at radius 2 is 2.18 bits per heavy atom. The normalized spacial score (nSPS) is 20.4. The summed E-state index contributed by atoms with van der Waals surface area (Å²) in [6, 6.07) is 10.7. The zero-order valence-corrected chi connectivity index (χ0v) is 17.1. The van der Waals surface area contributed by atoms with Gasteiger partial charge < -0.3 is 14.8 Å². The van der Waals surface area contributed by atoms with Crippen molar-refractivity contribution in [2.45, 2.75) is 25.9 Å². The van der Waals surface area contributed by atoms with Crippen LogP contribution >= 0.6 is 11.3 Å². The van der Waals surface area contributed by atoms with E-state index in [1.165, 1.54) is 0 Å². The van der Waals surface area contributed by atoms with E-state index < -0.39 is 0 Å². The second-order valence-corrected chi connectivity index (χ2v) is 8.06. The highest BCUT2D eigenvalue weighted by Gasteiger charge is 2.28.